The van der Waals surface area contributed by atoms with E-state index in [0.717, 1.165) is 28.4 Å². The van der Waals surface area contributed by atoms with Crippen LogP contribution in [0, 0.1) is 0 Å². The number of carbonyl (C=O) groups excluding carboxylic acids is 4. The van der Waals surface area contributed by atoms with Crippen LogP contribution in [0.3, 0.4) is 0 Å². The first-order valence-electron chi connectivity index (χ1n) is 8.22. The minimum Gasteiger partial charge on any atom is -0.497 e. The van der Waals surface area contributed by atoms with Crippen molar-refractivity contribution in [1.29, 1.82) is 0 Å². The highest BCUT2D eigenvalue weighted by Gasteiger charge is 2.65. The van der Waals surface area contributed by atoms with Crippen LogP contribution in [0.2, 0.25) is 0 Å². The van der Waals surface area contributed by atoms with Crippen molar-refractivity contribution in [2.45, 2.75) is 11.7 Å². The lowest BCUT2D eigenvalue weighted by Crippen LogP contribution is -2.52. The Balaban J connectivity index is 2.84. The van der Waals surface area contributed by atoms with Gasteiger partial charge in [-0.15, -0.1) is 0 Å². The molecule has 0 aromatic heterocycles. The second kappa shape index (κ2) is 8.74. The Bertz CT molecular complexity index is 836. The molecule has 0 spiro atoms. The Kier molecular flexibility index (Phi) is 6.60. The standard InChI is InChI=1S/C19H20O10/c1-24-11-8-6-10(7-9-11)14-12(15(20)25-2)13(16(21)26-3)19(29-14,17(22)27-4)18(23)28-5/h6-9,14H,1-5H3/t14-/m1/s1. The predicted octanol–water partition coefficient (Wildman–Crippen LogP) is 0.494. The molecule has 0 N–H and O–H groups in total. The van der Waals surface area contributed by atoms with Gasteiger partial charge in [-0.05, 0) is 17.7 Å². The molecule has 1 aromatic carbocycles. The van der Waals surface area contributed by atoms with E-state index in [-0.39, 0.29) is 5.57 Å². The Labute approximate surface area is 166 Å². The van der Waals surface area contributed by atoms with E-state index in [1.807, 2.05) is 0 Å². The third kappa shape index (κ3) is 3.54. The molecule has 0 saturated carbocycles. The number of hydrogen-bond donors (Lipinski definition) is 0. The molecule has 1 aliphatic rings. The fourth-order valence-electron chi connectivity index (χ4n) is 2.97. The molecule has 1 atom stereocenters. The zero-order valence-corrected chi connectivity index (χ0v) is 16.5. The molecule has 156 valence electrons. The van der Waals surface area contributed by atoms with Gasteiger partial charge in [0.15, 0.2) is 0 Å². The van der Waals surface area contributed by atoms with E-state index in [1.165, 1.54) is 19.2 Å². The van der Waals surface area contributed by atoms with Crippen LogP contribution >= 0.6 is 0 Å². The van der Waals surface area contributed by atoms with Crippen molar-refractivity contribution in [3.63, 3.8) is 0 Å². The molecule has 0 fully saturated rings. The number of methoxy groups -OCH3 is 5. The summed E-state index contributed by atoms with van der Waals surface area (Å²) in [6.45, 7) is 0. The molecule has 0 unspecified atom stereocenters. The molecular weight excluding hydrogens is 388 g/mol. The smallest absolute Gasteiger partial charge is 0.355 e. The zero-order chi connectivity index (χ0) is 21.8. The van der Waals surface area contributed by atoms with Crippen molar-refractivity contribution in [2.24, 2.45) is 0 Å². The maximum absolute atomic E-state index is 12.6. The summed E-state index contributed by atoms with van der Waals surface area (Å²) < 4.78 is 29.7. The highest BCUT2D eigenvalue weighted by Crippen LogP contribution is 2.47. The molecule has 10 heteroatoms. The molecule has 1 heterocycles. The number of rotatable bonds is 6. The monoisotopic (exact) mass is 408 g/mol. The fraction of sp³-hybridized carbons (Fsp3) is 0.368. The lowest BCUT2D eigenvalue weighted by atomic mass is 9.89. The highest BCUT2D eigenvalue weighted by molar-refractivity contribution is 6.19. The van der Waals surface area contributed by atoms with Crippen LogP contribution in [-0.4, -0.2) is 65.0 Å². The molecule has 2 rings (SSSR count). The molecular formula is C19H20O10. The van der Waals surface area contributed by atoms with Crippen molar-refractivity contribution in [3.8, 4) is 5.75 Å². The predicted molar refractivity (Wildman–Crippen MR) is 94.6 cm³/mol. The summed E-state index contributed by atoms with van der Waals surface area (Å²) in [6, 6.07) is 6.21. The summed E-state index contributed by atoms with van der Waals surface area (Å²) in [4.78, 5) is 50.4. The second-order valence-corrected chi connectivity index (χ2v) is 5.71. The van der Waals surface area contributed by atoms with Gasteiger partial charge in [0.2, 0.25) is 0 Å². The van der Waals surface area contributed by atoms with Crippen LogP contribution in [0.15, 0.2) is 35.4 Å². The van der Waals surface area contributed by atoms with Gasteiger partial charge in [0.05, 0.1) is 41.1 Å². The maximum atomic E-state index is 12.6. The first-order valence-corrected chi connectivity index (χ1v) is 8.22. The van der Waals surface area contributed by atoms with Gasteiger partial charge in [0, 0.05) is 0 Å². The van der Waals surface area contributed by atoms with Crippen molar-refractivity contribution in [2.75, 3.05) is 35.5 Å². The maximum Gasteiger partial charge on any atom is 0.355 e. The average Bonchev–Trinajstić information content (AvgIpc) is 3.14. The molecule has 0 amide bonds. The second-order valence-electron chi connectivity index (χ2n) is 5.71. The summed E-state index contributed by atoms with van der Waals surface area (Å²) in [5.41, 5.74) is -3.40. The number of ether oxygens (including phenoxy) is 6. The highest BCUT2D eigenvalue weighted by atomic mass is 16.6. The van der Waals surface area contributed by atoms with Gasteiger partial charge >= 0.3 is 23.9 Å². The first-order chi connectivity index (χ1) is 13.8. The summed E-state index contributed by atoms with van der Waals surface area (Å²) in [7, 11) is 5.54. The van der Waals surface area contributed by atoms with E-state index in [0.29, 0.717) is 11.3 Å². The Hall–Kier alpha value is -3.40. The molecule has 1 aliphatic heterocycles. The van der Waals surface area contributed by atoms with Crippen molar-refractivity contribution >= 4 is 23.9 Å². The first kappa shape index (κ1) is 21.9. The molecule has 29 heavy (non-hydrogen) atoms. The van der Waals surface area contributed by atoms with Gasteiger partial charge in [-0.25, -0.2) is 19.2 Å². The van der Waals surface area contributed by atoms with E-state index in [4.69, 9.17) is 18.9 Å². The summed E-state index contributed by atoms with van der Waals surface area (Å²) in [6.07, 6.45) is -1.33. The normalized spacial score (nSPS) is 17.3. The van der Waals surface area contributed by atoms with Crippen LogP contribution in [-0.2, 0) is 42.9 Å². The number of benzene rings is 1. The third-order valence-corrected chi connectivity index (χ3v) is 4.34. The molecule has 10 nitrogen and oxygen atoms in total. The van der Waals surface area contributed by atoms with Gasteiger partial charge in [-0.1, -0.05) is 12.1 Å². The van der Waals surface area contributed by atoms with Gasteiger partial charge in [0.1, 0.15) is 17.4 Å². The average molecular weight is 408 g/mol. The van der Waals surface area contributed by atoms with Crippen molar-refractivity contribution in [3.05, 3.63) is 41.0 Å². The van der Waals surface area contributed by atoms with Gasteiger partial charge in [-0.2, -0.15) is 0 Å². The quantitative estimate of drug-likeness (QED) is 0.373. The minimum atomic E-state index is -2.68. The third-order valence-electron chi connectivity index (χ3n) is 4.34. The van der Waals surface area contributed by atoms with Crippen LogP contribution in [0.5, 0.6) is 5.75 Å². The summed E-state index contributed by atoms with van der Waals surface area (Å²) in [5.74, 6) is -4.17. The number of esters is 4. The fourth-order valence-corrected chi connectivity index (χ4v) is 2.97. The summed E-state index contributed by atoms with van der Waals surface area (Å²) in [5, 5.41) is 0. The van der Waals surface area contributed by atoms with Crippen molar-refractivity contribution in [1.82, 2.24) is 0 Å². The van der Waals surface area contributed by atoms with Crippen molar-refractivity contribution < 1.29 is 47.6 Å². The Morgan fingerprint density at radius 1 is 0.793 bits per heavy atom. The van der Waals surface area contributed by atoms with Crippen LogP contribution < -0.4 is 4.74 Å². The SMILES string of the molecule is COC(=O)C1=C(C(=O)OC)C(C(=O)OC)(C(=O)OC)O[C@@H]1c1ccc(OC)cc1. The van der Waals surface area contributed by atoms with E-state index in [9.17, 15) is 19.2 Å². The van der Waals surface area contributed by atoms with Gasteiger partial charge < -0.3 is 28.4 Å². The van der Waals surface area contributed by atoms with Gasteiger partial charge in [0.25, 0.3) is 5.60 Å². The number of hydrogen-bond acceptors (Lipinski definition) is 10. The van der Waals surface area contributed by atoms with Gasteiger partial charge in [-0.3, -0.25) is 0 Å². The molecule has 0 radical (unpaired) electrons. The Morgan fingerprint density at radius 3 is 1.72 bits per heavy atom. The topological polar surface area (TPSA) is 124 Å². The number of carbonyl (C=O) groups is 4. The van der Waals surface area contributed by atoms with E-state index < -0.39 is 41.2 Å². The lowest BCUT2D eigenvalue weighted by Gasteiger charge is -2.26. The largest absolute Gasteiger partial charge is 0.497 e. The van der Waals surface area contributed by atoms with Crippen LogP contribution in [0.1, 0.15) is 11.7 Å². The minimum absolute atomic E-state index is 0.335. The summed E-state index contributed by atoms with van der Waals surface area (Å²) >= 11 is 0. The van der Waals surface area contributed by atoms with E-state index in [1.54, 1.807) is 12.1 Å². The van der Waals surface area contributed by atoms with E-state index in [2.05, 4.69) is 9.47 Å². The Morgan fingerprint density at radius 2 is 1.31 bits per heavy atom. The molecule has 0 bridgehead atoms. The van der Waals surface area contributed by atoms with Crippen LogP contribution in [0.25, 0.3) is 0 Å². The molecule has 0 saturated heterocycles. The zero-order valence-electron chi connectivity index (χ0n) is 16.5. The molecule has 1 aromatic rings. The van der Waals surface area contributed by atoms with E-state index >= 15 is 0 Å². The van der Waals surface area contributed by atoms with Crippen LogP contribution in [0.4, 0.5) is 0 Å². The lowest BCUT2D eigenvalue weighted by molar-refractivity contribution is -0.185. The molecule has 0 aliphatic carbocycles.